The SMILES string of the molecule is CC(C)CCN(CCC(C)C)C(=O)CCSSCCC(=O)N(CCC(C)C)CCC(C)C.CC(C)CN(C(=O)C(C)C)C(C)C. The second-order valence-electron chi connectivity index (χ2n) is 15.3. The van der Waals surface area contributed by atoms with Crippen LogP contribution in [0.15, 0.2) is 0 Å². The molecule has 0 bridgehead atoms. The number of hydrogen-bond donors (Lipinski definition) is 0. The molecule has 0 radical (unpaired) electrons. The van der Waals surface area contributed by atoms with Crippen LogP contribution in [0.3, 0.4) is 0 Å². The molecule has 0 saturated heterocycles. The molecule has 268 valence electrons. The van der Waals surface area contributed by atoms with Crippen LogP contribution < -0.4 is 0 Å². The molecular formula is C37H75N3O3S2. The van der Waals surface area contributed by atoms with E-state index in [9.17, 15) is 14.4 Å². The summed E-state index contributed by atoms with van der Waals surface area (Å²) in [5.74, 6) is 5.60. The molecule has 0 aliphatic rings. The summed E-state index contributed by atoms with van der Waals surface area (Å²) in [6.45, 7) is 34.4. The minimum absolute atomic E-state index is 0.112. The van der Waals surface area contributed by atoms with Gasteiger partial charge < -0.3 is 14.7 Å². The summed E-state index contributed by atoms with van der Waals surface area (Å²) < 4.78 is 0. The molecule has 0 aliphatic heterocycles. The highest BCUT2D eigenvalue weighted by Crippen LogP contribution is 2.24. The third-order valence-electron chi connectivity index (χ3n) is 7.45. The van der Waals surface area contributed by atoms with Crippen molar-refractivity contribution in [3.05, 3.63) is 0 Å². The van der Waals surface area contributed by atoms with Gasteiger partial charge in [0.2, 0.25) is 17.7 Å². The Morgan fingerprint density at radius 2 is 0.800 bits per heavy atom. The Morgan fingerprint density at radius 3 is 1.02 bits per heavy atom. The van der Waals surface area contributed by atoms with Crippen LogP contribution in [0, 0.1) is 35.5 Å². The van der Waals surface area contributed by atoms with Crippen molar-refractivity contribution in [3.63, 3.8) is 0 Å². The molecule has 0 aliphatic carbocycles. The third kappa shape index (κ3) is 26.8. The van der Waals surface area contributed by atoms with E-state index in [4.69, 9.17) is 0 Å². The largest absolute Gasteiger partial charge is 0.343 e. The summed E-state index contributed by atoms with van der Waals surface area (Å²) in [7, 11) is 3.47. The van der Waals surface area contributed by atoms with Gasteiger partial charge in [-0.05, 0) is 69.1 Å². The lowest BCUT2D eigenvalue weighted by atomic mass is 10.1. The van der Waals surface area contributed by atoms with Crippen molar-refractivity contribution in [1.29, 1.82) is 0 Å². The summed E-state index contributed by atoms with van der Waals surface area (Å²) in [5, 5.41) is 0. The highest BCUT2D eigenvalue weighted by atomic mass is 33.1. The van der Waals surface area contributed by atoms with Crippen molar-refractivity contribution >= 4 is 39.3 Å². The summed E-state index contributed by atoms with van der Waals surface area (Å²) >= 11 is 0. The average molecular weight is 674 g/mol. The fourth-order valence-electron chi connectivity index (χ4n) is 4.35. The Bertz CT molecular complexity index is 702. The quantitative estimate of drug-likeness (QED) is 0.0799. The first-order valence-corrected chi connectivity index (χ1v) is 20.5. The first kappa shape index (κ1) is 46.2. The van der Waals surface area contributed by atoms with E-state index in [1.54, 1.807) is 21.6 Å². The van der Waals surface area contributed by atoms with Crippen molar-refractivity contribution < 1.29 is 14.4 Å². The van der Waals surface area contributed by atoms with Crippen LogP contribution in [0.5, 0.6) is 0 Å². The molecule has 0 fully saturated rings. The third-order valence-corrected chi connectivity index (χ3v) is 9.86. The molecule has 0 saturated carbocycles. The van der Waals surface area contributed by atoms with E-state index >= 15 is 0 Å². The topological polar surface area (TPSA) is 60.9 Å². The van der Waals surface area contributed by atoms with Crippen LogP contribution in [0.4, 0.5) is 0 Å². The van der Waals surface area contributed by atoms with Gasteiger partial charge >= 0.3 is 0 Å². The van der Waals surface area contributed by atoms with Crippen molar-refractivity contribution in [3.8, 4) is 0 Å². The van der Waals surface area contributed by atoms with Crippen molar-refractivity contribution in [2.45, 2.75) is 141 Å². The number of nitrogens with zero attached hydrogens (tertiary/aromatic N) is 3. The van der Waals surface area contributed by atoms with Gasteiger partial charge in [-0.3, -0.25) is 14.4 Å². The van der Waals surface area contributed by atoms with Crippen LogP contribution >= 0.6 is 21.6 Å². The molecule has 0 rings (SSSR count). The van der Waals surface area contributed by atoms with E-state index in [1.807, 2.05) is 18.7 Å². The normalized spacial score (nSPS) is 11.7. The van der Waals surface area contributed by atoms with Crippen molar-refractivity contribution in [1.82, 2.24) is 14.7 Å². The predicted molar refractivity (Wildman–Crippen MR) is 202 cm³/mol. The Labute approximate surface area is 288 Å². The maximum Gasteiger partial charge on any atom is 0.225 e. The van der Waals surface area contributed by atoms with Gasteiger partial charge in [-0.1, -0.05) is 105 Å². The van der Waals surface area contributed by atoms with Gasteiger partial charge in [-0.25, -0.2) is 0 Å². The highest BCUT2D eigenvalue weighted by Gasteiger charge is 2.20. The molecule has 0 aromatic rings. The number of carbonyl (C=O) groups is 3. The van der Waals surface area contributed by atoms with Gasteiger partial charge in [-0.15, -0.1) is 0 Å². The van der Waals surface area contributed by atoms with Crippen LogP contribution in [0.25, 0.3) is 0 Å². The Hall–Kier alpha value is -0.890. The summed E-state index contributed by atoms with van der Waals surface area (Å²) in [5.41, 5.74) is 0. The first-order chi connectivity index (χ1) is 20.9. The second kappa shape index (κ2) is 27.1. The van der Waals surface area contributed by atoms with Gasteiger partial charge in [-0.2, -0.15) is 0 Å². The standard InChI is InChI=1S/C26H52N2O2S2.C11H23NO/c1-21(2)9-15-27(16-10-22(3)4)25(29)13-19-31-32-20-14-26(30)28(17-11-23(5)6)18-12-24(7)8;1-8(2)7-12(10(5)6)11(13)9(3)4/h21-24H,9-20H2,1-8H3;8-10H,7H2,1-6H3. The van der Waals surface area contributed by atoms with E-state index in [1.165, 1.54) is 0 Å². The minimum Gasteiger partial charge on any atom is -0.343 e. The zero-order valence-corrected chi connectivity index (χ0v) is 33.7. The molecule has 45 heavy (non-hydrogen) atoms. The molecule has 0 aromatic heterocycles. The lowest BCUT2D eigenvalue weighted by molar-refractivity contribution is -0.136. The van der Waals surface area contributed by atoms with Crippen LogP contribution in [-0.4, -0.2) is 82.7 Å². The molecule has 3 amide bonds. The summed E-state index contributed by atoms with van der Waals surface area (Å²) in [4.78, 5) is 43.2. The van der Waals surface area contributed by atoms with E-state index in [0.29, 0.717) is 48.5 Å². The monoisotopic (exact) mass is 674 g/mol. The fourth-order valence-corrected chi connectivity index (χ4v) is 6.31. The molecule has 0 heterocycles. The van der Waals surface area contributed by atoms with Crippen LogP contribution in [-0.2, 0) is 14.4 Å². The van der Waals surface area contributed by atoms with Crippen LogP contribution in [0.1, 0.15) is 135 Å². The fraction of sp³-hybridized carbons (Fsp3) is 0.919. The molecule has 6 nitrogen and oxygen atoms in total. The van der Waals surface area contributed by atoms with Gasteiger partial charge in [0.25, 0.3) is 0 Å². The number of amides is 3. The molecule has 0 spiro atoms. The van der Waals surface area contributed by atoms with Crippen molar-refractivity contribution in [2.24, 2.45) is 35.5 Å². The van der Waals surface area contributed by atoms with Gasteiger partial charge in [0, 0.05) is 69.0 Å². The first-order valence-electron chi connectivity index (χ1n) is 18.0. The Kier molecular flexibility index (Phi) is 27.8. The maximum atomic E-state index is 12.7. The molecule has 0 atom stereocenters. The van der Waals surface area contributed by atoms with Gasteiger partial charge in [0.05, 0.1) is 0 Å². The summed E-state index contributed by atoms with van der Waals surface area (Å²) in [6.07, 6.45) is 5.46. The second-order valence-corrected chi connectivity index (χ2v) is 18.0. The van der Waals surface area contributed by atoms with Crippen molar-refractivity contribution in [2.75, 3.05) is 44.2 Å². The lowest BCUT2D eigenvalue weighted by Crippen LogP contribution is -2.41. The van der Waals surface area contributed by atoms with Crippen LogP contribution in [0.2, 0.25) is 0 Å². The number of rotatable bonds is 23. The minimum atomic E-state index is 0.112. The molecular weight excluding hydrogens is 599 g/mol. The highest BCUT2D eigenvalue weighted by molar-refractivity contribution is 8.76. The molecule has 0 unspecified atom stereocenters. The predicted octanol–water partition coefficient (Wildman–Crippen LogP) is 9.53. The zero-order valence-electron chi connectivity index (χ0n) is 32.1. The van der Waals surface area contributed by atoms with Gasteiger partial charge in [0.1, 0.15) is 0 Å². The average Bonchev–Trinajstić information content (AvgIpc) is 2.92. The van der Waals surface area contributed by atoms with Gasteiger partial charge in [0.15, 0.2) is 0 Å². The Morgan fingerprint density at radius 1 is 0.489 bits per heavy atom. The van der Waals surface area contributed by atoms with E-state index in [0.717, 1.165) is 69.9 Å². The smallest absolute Gasteiger partial charge is 0.225 e. The molecule has 8 heteroatoms. The maximum absolute atomic E-state index is 12.7. The van der Waals surface area contributed by atoms with E-state index in [-0.39, 0.29) is 23.6 Å². The number of hydrogen-bond acceptors (Lipinski definition) is 5. The van der Waals surface area contributed by atoms with E-state index in [2.05, 4.69) is 92.9 Å². The number of carbonyl (C=O) groups excluding carboxylic acids is 3. The molecule has 0 aromatic carbocycles. The van der Waals surface area contributed by atoms with E-state index < -0.39 is 0 Å². The lowest BCUT2D eigenvalue weighted by Gasteiger charge is -2.30. The Balaban J connectivity index is 0. The zero-order chi connectivity index (χ0) is 35.1. The summed E-state index contributed by atoms with van der Waals surface area (Å²) in [6, 6.07) is 0.317. The molecule has 0 N–H and O–H groups in total.